The Balaban J connectivity index is 1.35. The maximum absolute atomic E-state index is 12.2. The van der Waals surface area contributed by atoms with E-state index in [-0.39, 0.29) is 17.9 Å². The van der Waals surface area contributed by atoms with Gasteiger partial charge in [-0.15, -0.1) is 0 Å². The number of amides is 1. The molecule has 7 heteroatoms. The third kappa shape index (κ3) is 5.38. The molecule has 7 nitrogen and oxygen atoms in total. The number of nitrogens with zero attached hydrogens (tertiary/aromatic N) is 2. The maximum Gasteiger partial charge on any atom is 0.267 e. The average Bonchev–Trinajstić information content (AvgIpc) is 2.68. The molecule has 1 aromatic heterocycles. The number of ether oxygens (including phenoxy) is 1. The fourth-order valence-corrected chi connectivity index (χ4v) is 3.78. The second-order valence-electron chi connectivity index (χ2n) is 7.21. The van der Waals surface area contributed by atoms with E-state index in [1.54, 1.807) is 0 Å². The highest BCUT2D eigenvalue weighted by atomic mass is 16.5. The van der Waals surface area contributed by atoms with Crippen LogP contribution in [0.4, 0.5) is 0 Å². The van der Waals surface area contributed by atoms with Gasteiger partial charge in [0.1, 0.15) is 0 Å². The van der Waals surface area contributed by atoms with Gasteiger partial charge in [0.2, 0.25) is 5.91 Å². The number of hydrogen-bond acceptors (Lipinski definition) is 5. The third-order valence-electron chi connectivity index (χ3n) is 5.29. The molecule has 1 fully saturated rings. The van der Waals surface area contributed by atoms with Crippen molar-refractivity contribution in [2.45, 2.75) is 51.4 Å². The van der Waals surface area contributed by atoms with Crippen molar-refractivity contribution in [1.29, 1.82) is 0 Å². The Morgan fingerprint density at radius 1 is 1.12 bits per heavy atom. The first kappa shape index (κ1) is 19.0. The van der Waals surface area contributed by atoms with Crippen LogP contribution in [0, 0.1) is 0 Å². The summed E-state index contributed by atoms with van der Waals surface area (Å²) in [6, 6.07) is 0. The molecule has 0 unspecified atom stereocenters. The molecule has 144 valence electrons. The predicted octanol–water partition coefficient (Wildman–Crippen LogP) is 0.810. The summed E-state index contributed by atoms with van der Waals surface area (Å²) in [6.45, 7) is 5.58. The molecular formula is C19H30N4O3. The molecule has 2 heterocycles. The minimum Gasteiger partial charge on any atom is -0.379 e. The van der Waals surface area contributed by atoms with Gasteiger partial charge >= 0.3 is 0 Å². The van der Waals surface area contributed by atoms with Crippen LogP contribution in [0.15, 0.2) is 4.79 Å². The van der Waals surface area contributed by atoms with E-state index in [4.69, 9.17) is 4.74 Å². The smallest absolute Gasteiger partial charge is 0.267 e. The molecule has 1 aromatic rings. The molecule has 0 saturated carbocycles. The number of fused-ring (bicyclic) bond motifs is 1. The fraction of sp³-hybridized carbons (Fsp3) is 0.737. The Morgan fingerprint density at radius 2 is 1.88 bits per heavy atom. The molecule has 2 aliphatic rings. The summed E-state index contributed by atoms with van der Waals surface area (Å²) in [5.74, 6) is -0.00879. The highest BCUT2D eigenvalue weighted by molar-refractivity contribution is 5.78. The summed E-state index contributed by atoms with van der Waals surface area (Å²) in [7, 11) is 0. The van der Waals surface area contributed by atoms with Gasteiger partial charge < -0.3 is 10.1 Å². The Hall–Kier alpha value is -1.73. The zero-order valence-corrected chi connectivity index (χ0v) is 15.5. The summed E-state index contributed by atoms with van der Waals surface area (Å²) in [5, 5.41) is 9.66. The number of carbonyl (C=O) groups is 1. The third-order valence-corrected chi connectivity index (χ3v) is 5.29. The minimum absolute atomic E-state index is 0.00879. The fourth-order valence-electron chi connectivity index (χ4n) is 3.78. The molecule has 0 radical (unpaired) electrons. The number of hydrogen-bond donors (Lipinski definition) is 2. The second-order valence-corrected chi connectivity index (χ2v) is 7.21. The van der Waals surface area contributed by atoms with Gasteiger partial charge in [0, 0.05) is 25.2 Å². The van der Waals surface area contributed by atoms with Gasteiger partial charge in [0.05, 0.1) is 25.3 Å². The number of aromatic amines is 1. The van der Waals surface area contributed by atoms with E-state index in [9.17, 15) is 9.59 Å². The quantitative estimate of drug-likeness (QED) is 0.668. The molecule has 1 amide bonds. The Labute approximate surface area is 154 Å². The van der Waals surface area contributed by atoms with Gasteiger partial charge in [-0.3, -0.25) is 14.5 Å². The first-order valence-corrected chi connectivity index (χ1v) is 9.90. The van der Waals surface area contributed by atoms with Crippen molar-refractivity contribution >= 4 is 5.91 Å². The highest BCUT2D eigenvalue weighted by Crippen LogP contribution is 2.20. The Kier molecular flexibility index (Phi) is 7.20. The minimum atomic E-state index is -0.0934. The standard InChI is InChI=1S/C19H30N4O3/c24-18(20-8-4-1-5-9-23-10-12-26-13-11-23)14-17-15-6-2-3-7-16(15)19(25)22-21-17/h1-14H2,(H,20,24)(H,22,25). The normalized spacial score (nSPS) is 17.7. The van der Waals surface area contributed by atoms with Crippen LogP contribution >= 0.6 is 0 Å². The van der Waals surface area contributed by atoms with Gasteiger partial charge in [0.15, 0.2) is 0 Å². The van der Waals surface area contributed by atoms with Crippen molar-refractivity contribution in [1.82, 2.24) is 20.4 Å². The van der Waals surface area contributed by atoms with Crippen molar-refractivity contribution in [3.63, 3.8) is 0 Å². The molecule has 2 N–H and O–H groups in total. The van der Waals surface area contributed by atoms with Crippen molar-refractivity contribution < 1.29 is 9.53 Å². The summed E-state index contributed by atoms with van der Waals surface area (Å²) in [5.41, 5.74) is 2.48. The molecule has 1 aliphatic heterocycles. The lowest BCUT2D eigenvalue weighted by molar-refractivity contribution is -0.120. The van der Waals surface area contributed by atoms with Crippen LogP contribution in [0.5, 0.6) is 0 Å². The Morgan fingerprint density at radius 3 is 2.69 bits per heavy atom. The van der Waals surface area contributed by atoms with Crippen molar-refractivity contribution in [2.24, 2.45) is 0 Å². The maximum atomic E-state index is 12.2. The van der Waals surface area contributed by atoms with E-state index in [2.05, 4.69) is 20.4 Å². The molecule has 0 aromatic carbocycles. The van der Waals surface area contributed by atoms with E-state index in [1.807, 2.05) is 0 Å². The summed E-state index contributed by atoms with van der Waals surface area (Å²) < 4.78 is 5.35. The molecule has 1 aliphatic carbocycles. The molecule has 0 atom stereocenters. The number of rotatable bonds is 8. The van der Waals surface area contributed by atoms with E-state index in [0.717, 1.165) is 94.6 Å². The van der Waals surface area contributed by atoms with Crippen LogP contribution in [0.3, 0.4) is 0 Å². The van der Waals surface area contributed by atoms with Gasteiger partial charge in [-0.25, -0.2) is 5.10 Å². The number of aromatic nitrogens is 2. The molecular weight excluding hydrogens is 332 g/mol. The molecule has 0 bridgehead atoms. The van der Waals surface area contributed by atoms with Crippen LogP contribution in [0.25, 0.3) is 0 Å². The highest BCUT2D eigenvalue weighted by Gasteiger charge is 2.19. The van der Waals surface area contributed by atoms with E-state index < -0.39 is 0 Å². The number of morpholine rings is 1. The number of H-pyrrole nitrogens is 1. The zero-order valence-electron chi connectivity index (χ0n) is 15.5. The van der Waals surface area contributed by atoms with E-state index in [1.165, 1.54) is 0 Å². The first-order valence-electron chi connectivity index (χ1n) is 9.90. The van der Waals surface area contributed by atoms with Crippen LogP contribution in [0.2, 0.25) is 0 Å². The van der Waals surface area contributed by atoms with Gasteiger partial charge in [-0.2, -0.15) is 5.10 Å². The summed E-state index contributed by atoms with van der Waals surface area (Å²) in [4.78, 5) is 26.5. The molecule has 0 spiro atoms. The van der Waals surface area contributed by atoms with Crippen molar-refractivity contribution in [3.05, 3.63) is 27.2 Å². The Bertz CT molecular complexity index is 653. The summed E-state index contributed by atoms with van der Waals surface area (Å²) in [6.07, 6.45) is 7.28. The lowest BCUT2D eigenvalue weighted by atomic mass is 9.91. The van der Waals surface area contributed by atoms with E-state index in [0.29, 0.717) is 6.54 Å². The average molecular weight is 362 g/mol. The van der Waals surface area contributed by atoms with Gasteiger partial charge in [-0.05, 0) is 50.6 Å². The SMILES string of the molecule is O=C(Cc1n[nH]c(=O)c2c1CCCC2)NCCCCCN1CCOCC1. The number of unbranched alkanes of at least 4 members (excludes halogenated alkanes) is 2. The van der Waals surface area contributed by atoms with Gasteiger partial charge in [-0.1, -0.05) is 6.42 Å². The van der Waals surface area contributed by atoms with Crippen LogP contribution in [0.1, 0.15) is 48.9 Å². The number of carbonyl (C=O) groups excluding carboxylic acids is 1. The summed E-state index contributed by atoms with van der Waals surface area (Å²) >= 11 is 0. The molecule has 26 heavy (non-hydrogen) atoms. The zero-order chi connectivity index (χ0) is 18.2. The van der Waals surface area contributed by atoms with E-state index >= 15 is 0 Å². The lowest BCUT2D eigenvalue weighted by Gasteiger charge is -2.26. The monoisotopic (exact) mass is 362 g/mol. The van der Waals surface area contributed by atoms with Crippen molar-refractivity contribution in [2.75, 3.05) is 39.4 Å². The first-order chi connectivity index (χ1) is 12.7. The van der Waals surface area contributed by atoms with Crippen LogP contribution in [-0.2, 0) is 28.8 Å². The topological polar surface area (TPSA) is 87.3 Å². The molecule has 3 rings (SSSR count). The predicted molar refractivity (Wildman–Crippen MR) is 99.3 cm³/mol. The second kappa shape index (κ2) is 9.83. The van der Waals surface area contributed by atoms with Gasteiger partial charge in [0.25, 0.3) is 5.56 Å². The van der Waals surface area contributed by atoms with Crippen LogP contribution < -0.4 is 10.9 Å². The number of nitrogens with one attached hydrogen (secondary N) is 2. The lowest BCUT2D eigenvalue weighted by Crippen LogP contribution is -2.36. The van der Waals surface area contributed by atoms with Crippen LogP contribution in [-0.4, -0.2) is 60.4 Å². The molecule has 1 saturated heterocycles. The largest absolute Gasteiger partial charge is 0.379 e. The van der Waals surface area contributed by atoms with Crippen molar-refractivity contribution in [3.8, 4) is 0 Å².